The number of hydrogen-bond acceptors (Lipinski definition) is 5. The van der Waals surface area contributed by atoms with E-state index in [1.54, 1.807) is 7.11 Å². The quantitative estimate of drug-likeness (QED) is 0.690. The second-order valence-electron chi connectivity index (χ2n) is 5.98. The second kappa shape index (κ2) is 8.60. The van der Waals surface area contributed by atoms with Gasteiger partial charge in [-0.25, -0.2) is 5.01 Å². The van der Waals surface area contributed by atoms with Gasteiger partial charge in [-0.3, -0.25) is 10.2 Å². The first-order valence-corrected chi connectivity index (χ1v) is 7.58. The van der Waals surface area contributed by atoms with Crippen LogP contribution in [-0.4, -0.2) is 50.4 Å². The summed E-state index contributed by atoms with van der Waals surface area (Å²) in [5.41, 5.74) is 3.59. The second-order valence-corrected chi connectivity index (χ2v) is 5.98. The molecule has 0 bridgehead atoms. The molecule has 0 aliphatic carbocycles. The third-order valence-electron chi connectivity index (χ3n) is 4.51. The Morgan fingerprint density at radius 2 is 2.05 bits per heavy atom. The van der Waals surface area contributed by atoms with E-state index in [1.165, 1.54) is 20.0 Å². The van der Waals surface area contributed by atoms with E-state index >= 15 is 0 Å². The smallest absolute Gasteiger partial charge is 0.305 e. The van der Waals surface area contributed by atoms with E-state index in [4.69, 9.17) is 9.47 Å². The molecule has 1 rings (SSSR count). The summed E-state index contributed by atoms with van der Waals surface area (Å²) >= 11 is 0. The lowest BCUT2D eigenvalue weighted by Gasteiger charge is -2.33. The maximum absolute atomic E-state index is 11.4. The van der Waals surface area contributed by atoms with Crippen LogP contribution in [0.1, 0.15) is 40.0 Å². The summed E-state index contributed by atoms with van der Waals surface area (Å²) in [5, 5.41) is 2.30. The van der Waals surface area contributed by atoms with E-state index in [9.17, 15) is 4.79 Å². The summed E-state index contributed by atoms with van der Waals surface area (Å²) in [7, 11) is 3.20. The van der Waals surface area contributed by atoms with Crippen LogP contribution in [0.4, 0.5) is 0 Å². The van der Waals surface area contributed by atoms with Gasteiger partial charge < -0.3 is 9.47 Å². The largest absolute Gasteiger partial charge is 0.469 e. The van der Waals surface area contributed by atoms with Crippen LogP contribution >= 0.6 is 0 Å². The molecule has 1 heterocycles. The van der Waals surface area contributed by atoms with Gasteiger partial charge in [0.1, 0.15) is 0 Å². The zero-order valence-corrected chi connectivity index (χ0v) is 13.5. The van der Waals surface area contributed by atoms with Crippen molar-refractivity contribution in [1.82, 2.24) is 10.4 Å². The number of carbonyl (C=O) groups excluding carboxylic acids is 1. The highest BCUT2D eigenvalue weighted by molar-refractivity contribution is 5.69. The number of nitrogens with one attached hydrogen (secondary N) is 1. The lowest BCUT2D eigenvalue weighted by molar-refractivity contribution is -0.142. The lowest BCUT2D eigenvalue weighted by Crippen LogP contribution is -2.50. The van der Waals surface area contributed by atoms with Gasteiger partial charge in [-0.2, -0.15) is 0 Å². The predicted molar refractivity (Wildman–Crippen MR) is 79.2 cm³/mol. The summed E-state index contributed by atoms with van der Waals surface area (Å²) in [6, 6.07) is 0.790. The van der Waals surface area contributed by atoms with Crippen LogP contribution < -0.4 is 5.43 Å². The minimum absolute atomic E-state index is 0.130. The number of nitrogens with zero attached hydrogens (tertiary/aromatic N) is 1. The van der Waals surface area contributed by atoms with Gasteiger partial charge >= 0.3 is 5.97 Å². The molecule has 0 aromatic heterocycles. The summed E-state index contributed by atoms with van der Waals surface area (Å²) < 4.78 is 10.0. The van der Waals surface area contributed by atoms with Gasteiger partial charge in [0.15, 0.2) is 0 Å². The molecule has 1 N–H and O–H groups in total. The molecule has 1 aliphatic rings. The van der Waals surface area contributed by atoms with Crippen LogP contribution in [0.2, 0.25) is 0 Å². The summed E-state index contributed by atoms with van der Waals surface area (Å²) in [6.07, 6.45) is 2.87. The first kappa shape index (κ1) is 17.4. The molecule has 0 amide bonds. The molecule has 0 spiro atoms. The van der Waals surface area contributed by atoms with Gasteiger partial charge in [0.05, 0.1) is 13.7 Å². The van der Waals surface area contributed by atoms with Crippen LogP contribution in [0.3, 0.4) is 0 Å². The van der Waals surface area contributed by atoms with Gasteiger partial charge in [0.25, 0.3) is 0 Å². The molecule has 0 aromatic carbocycles. The van der Waals surface area contributed by atoms with Crippen LogP contribution in [0.25, 0.3) is 0 Å². The Morgan fingerprint density at radius 3 is 2.65 bits per heavy atom. The topological polar surface area (TPSA) is 50.8 Å². The average molecular weight is 286 g/mol. The number of hydrazine groups is 1. The summed E-state index contributed by atoms with van der Waals surface area (Å²) in [6.45, 7) is 8.31. The molecular formula is C15H30N2O3. The van der Waals surface area contributed by atoms with Gasteiger partial charge in [-0.15, -0.1) is 0 Å². The van der Waals surface area contributed by atoms with Crippen molar-refractivity contribution in [2.24, 2.45) is 11.8 Å². The Morgan fingerprint density at radius 1 is 1.35 bits per heavy atom. The maximum Gasteiger partial charge on any atom is 0.305 e. The van der Waals surface area contributed by atoms with Crippen LogP contribution in [0, 0.1) is 11.8 Å². The SMILES string of the molecule is COC[C@@H]1CCCN1N[C@H](C)[C@@H](C)[C@@H](C)CC(=O)OC. The molecule has 1 saturated heterocycles. The molecule has 5 nitrogen and oxygen atoms in total. The molecular weight excluding hydrogens is 256 g/mol. The summed E-state index contributed by atoms with van der Waals surface area (Å²) in [5.74, 6) is 0.571. The minimum atomic E-state index is -0.130. The Labute approximate surface area is 123 Å². The maximum atomic E-state index is 11.4. The normalized spacial score (nSPS) is 24.4. The zero-order chi connectivity index (χ0) is 15.1. The van der Waals surface area contributed by atoms with E-state index < -0.39 is 0 Å². The first-order valence-electron chi connectivity index (χ1n) is 7.58. The van der Waals surface area contributed by atoms with E-state index in [-0.39, 0.29) is 5.97 Å². The Kier molecular flexibility index (Phi) is 7.48. The molecule has 0 saturated carbocycles. The highest BCUT2D eigenvalue weighted by Gasteiger charge is 2.28. The molecule has 1 aliphatic heterocycles. The molecule has 0 aromatic rings. The minimum Gasteiger partial charge on any atom is -0.469 e. The molecule has 20 heavy (non-hydrogen) atoms. The predicted octanol–water partition coefficient (Wildman–Crippen LogP) is 1.83. The third kappa shape index (κ3) is 5.04. The average Bonchev–Trinajstić information content (AvgIpc) is 2.85. The molecule has 1 fully saturated rings. The van der Waals surface area contributed by atoms with Gasteiger partial charge in [-0.05, 0) is 31.6 Å². The number of carbonyl (C=O) groups is 1. The van der Waals surface area contributed by atoms with E-state index in [2.05, 4.69) is 31.2 Å². The first-order chi connectivity index (χ1) is 9.49. The number of rotatable bonds is 8. The Bertz CT molecular complexity index is 299. The van der Waals surface area contributed by atoms with Crippen molar-refractivity contribution < 1.29 is 14.3 Å². The Balaban J connectivity index is 2.44. The number of hydrogen-bond donors (Lipinski definition) is 1. The summed E-state index contributed by atoms with van der Waals surface area (Å²) in [4.78, 5) is 11.4. The van der Waals surface area contributed by atoms with Crippen molar-refractivity contribution in [1.29, 1.82) is 0 Å². The fourth-order valence-electron chi connectivity index (χ4n) is 2.78. The molecule has 4 atom stereocenters. The number of ether oxygens (including phenoxy) is 2. The van der Waals surface area contributed by atoms with Crippen molar-refractivity contribution in [2.45, 2.75) is 52.1 Å². The van der Waals surface area contributed by atoms with Gasteiger partial charge in [0.2, 0.25) is 0 Å². The molecule has 0 unspecified atom stereocenters. The van der Waals surface area contributed by atoms with Crippen molar-refractivity contribution in [3.8, 4) is 0 Å². The van der Waals surface area contributed by atoms with Gasteiger partial charge in [-0.1, -0.05) is 13.8 Å². The number of esters is 1. The van der Waals surface area contributed by atoms with Crippen LogP contribution in [0.15, 0.2) is 0 Å². The van der Waals surface area contributed by atoms with Gasteiger partial charge in [0, 0.05) is 32.2 Å². The van der Waals surface area contributed by atoms with Crippen LogP contribution in [0.5, 0.6) is 0 Å². The van der Waals surface area contributed by atoms with E-state index in [0.29, 0.717) is 30.3 Å². The Hall–Kier alpha value is -0.650. The highest BCUT2D eigenvalue weighted by atomic mass is 16.5. The lowest BCUT2D eigenvalue weighted by atomic mass is 9.88. The van der Waals surface area contributed by atoms with E-state index in [0.717, 1.165) is 13.2 Å². The van der Waals surface area contributed by atoms with Crippen molar-refractivity contribution in [3.63, 3.8) is 0 Å². The van der Waals surface area contributed by atoms with E-state index in [1.807, 2.05) is 0 Å². The highest BCUT2D eigenvalue weighted by Crippen LogP contribution is 2.22. The molecule has 0 radical (unpaired) electrons. The standard InChI is InChI=1S/C15H30N2O3/c1-11(9-15(18)20-5)12(2)13(3)16-17-8-6-7-14(17)10-19-4/h11-14,16H,6-10H2,1-5H3/t11-,12-,13+,14-/m0/s1. The van der Waals surface area contributed by atoms with Crippen LogP contribution in [-0.2, 0) is 14.3 Å². The number of methoxy groups -OCH3 is 2. The van der Waals surface area contributed by atoms with Crippen molar-refractivity contribution in [3.05, 3.63) is 0 Å². The fourth-order valence-corrected chi connectivity index (χ4v) is 2.78. The molecule has 118 valence electrons. The van der Waals surface area contributed by atoms with Crippen molar-refractivity contribution >= 4 is 5.97 Å². The third-order valence-corrected chi connectivity index (χ3v) is 4.51. The zero-order valence-electron chi connectivity index (χ0n) is 13.5. The molecule has 5 heteroatoms. The fraction of sp³-hybridized carbons (Fsp3) is 0.933. The monoisotopic (exact) mass is 286 g/mol. The van der Waals surface area contributed by atoms with Crippen molar-refractivity contribution in [2.75, 3.05) is 27.4 Å².